The average molecular weight is 375 g/mol. The first kappa shape index (κ1) is 21.9. The van der Waals surface area contributed by atoms with E-state index in [0.717, 1.165) is 17.7 Å². The van der Waals surface area contributed by atoms with Crippen LogP contribution in [-0.2, 0) is 10.1 Å². The van der Waals surface area contributed by atoms with Gasteiger partial charge < -0.3 is 14.7 Å². The minimum Gasteiger partial charge on any atom is -0.328 e. The van der Waals surface area contributed by atoms with Crippen LogP contribution in [0.2, 0.25) is 0 Å². The summed E-state index contributed by atoms with van der Waals surface area (Å²) in [6.07, 6.45) is 14.0. The summed E-state index contributed by atoms with van der Waals surface area (Å²) in [6, 6.07) is 9.41. The van der Waals surface area contributed by atoms with Gasteiger partial charge in [0.05, 0.1) is 0 Å². The van der Waals surface area contributed by atoms with Crippen molar-refractivity contribution in [1.29, 1.82) is 0 Å². The van der Waals surface area contributed by atoms with Crippen LogP contribution in [-0.4, -0.2) is 20.4 Å². The maximum atomic E-state index is 9.73. The monoisotopic (exact) mass is 374 g/mol. The lowest BCUT2D eigenvalue weighted by atomic mass is 10.1. The van der Waals surface area contributed by atoms with E-state index in [4.69, 9.17) is 0 Å². The Kier molecular flexibility index (Phi) is 12.0. The lowest BCUT2D eigenvalue weighted by molar-refractivity contribution is 0.362. The highest BCUT2D eigenvalue weighted by molar-refractivity contribution is 8.27. The molecule has 1 atom stereocenters. The molecule has 5 heteroatoms. The third kappa shape index (κ3) is 10.0. The Morgan fingerprint density at radius 1 is 0.708 bits per heavy atom. The SMILES string of the molecule is CCCCCCCCCCCCCS(c1ccccc1)=P(O)(O)O. The molecule has 24 heavy (non-hydrogen) atoms. The Bertz CT molecular complexity index is 476. The van der Waals surface area contributed by atoms with Crippen molar-refractivity contribution in [2.24, 2.45) is 0 Å². The molecule has 0 fully saturated rings. The molecule has 140 valence electrons. The average Bonchev–Trinajstić information content (AvgIpc) is 2.55. The van der Waals surface area contributed by atoms with Crippen LogP contribution in [0.3, 0.4) is 0 Å². The Labute approximate surface area is 150 Å². The topological polar surface area (TPSA) is 60.7 Å². The molecule has 0 aromatic heterocycles. The summed E-state index contributed by atoms with van der Waals surface area (Å²) in [4.78, 5) is 30.0. The summed E-state index contributed by atoms with van der Waals surface area (Å²) >= 11 is 0. The quantitative estimate of drug-likeness (QED) is 0.310. The van der Waals surface area contributed by atoms with Gasteiger partial charge >= 0.3 is 0 Å². The number of benzene rings is 1. The van der Waals surface area contributed by atoms with Crippen LogP contribution in [0, 0.1) is 0 Å². The first-order valence-electron chi connectivity index (χ1n) is 9.39. The van der Waals surface area contributed by atoms with Gasteiger partial charge in [-0.2, -0.15) is 0 Å². The Morgan fingerprint density at radius 2 is 1.17 bits per heavy atom. The van der Waals surface area contributed by atoms with Crippen molar-refractivity contribution in [3.63, 3.8) is 0 Å². The first-order valence-corrected chi connectivity index (χ1v) is 13.0. The Morgan fingerprint density at radius 3 is 1.62 bits per heavy atom. The van der Waals surface area contributed by atoms with E-state index in [0.29, 0.717) is 5.75 Å². The number of hydrogen-bond donors (Lipinski definition) is 3. The first-order chi connectivity index (χ1) is 11.6. The summed E-state index contributed by atoms with van der Waals surface area (Å²) in [5, 5.41) is 0. The van der Waals surface area contributed by atoms with Gasteiger partial charge in [0.15, 0.2) is 0 Å². The zero-order valence-electron chi connectivity index (χ0n) is 15.1. The van der Waals surface area contributed by atoms with E-state index >= 15 is 0 Å². The predicted octanol–water partition coefficient (Wildman–Crippen LogP) is 5.63. The van der Waals surface area contributed by atoms with Crippen molar-refractivity contribution in [1.82, 2.24) is 0 Å². The van der Waals surface area contributed by atoms with Gasteiger partial charge in [-0.3, -0.25) is 0 Å². The number of rotatable bonds is 13. The third-order valence-corrected chi connectivity index (χ3v) is 9.29. The highest BCUT2D eigenvalue weighted by atomic mass is 32.5. The number of unbranched alkanes of at least 4 members (excludes halogenated alkanes) is 10. The van der Waals surface area contributed by atoms with E-state index in [1.54, 1.807) is 0 Å². The lowest BCUT2D eigenvalue weighted by Gasteiger charge is -2.15. The Hall–Kier alpha value is -0.120. The second-order valence-corrected chi connectivity index (χ2v) is 11.9. The van der Waals surface area contributed by atoms with E-state index in [2.05, 4.69) is 6.92 Å². The number of hydrogen-bond acceptors (Lipinski definition) is 0. The summed E-state index contributed by atoms with van der Waals surface area (Å²) < 4.78 is 0. The molecule has 0 spiro atoms. The van der Waals surface area contributed by atoms with Crippen LogP contribution in [0.1, 0.15) is 77.6 Å². The van der Waals surface area contributed by atoms with Crippen LogP contribution in [0.5, 0.6) is 0 Å². The molecule has 0 aliphatic carbocycles. The molecule has 0 radical (unpaired) electrons. The van der Waals surface area contributed by atoms with Gasteiger partial charge in [0.25, 0.3) is 6.72 Å². The summed E-state index contributed by atoms with van der Waals surface area (Å²) in [5.74, 6) is 0.665. The van der Waals surface area contributed by atoms with E-state index in [1.165, 1.54) is 57.8 Å². The fourth-order valence-electron chi connectivity index (χ4n) is 2.86. The van der Waals surface area contributed by atoms with E-state index in [1.807, 2.05) is 30.3 Å². The van der Waals surface area contributed by atoms with Crippen LogP contribution >= 0.6 is 6.72 Å². The van der Waals surface area contributed by atoms with Crippen molar-refractivity contribution in [3.05, 3.63) is 30.3 Å². The molecule has 3 N–H and O–H groups in total. The van der Waals surface area contributed by atoms with E-state index in [9.17, 15) is 14.7 Å². The standard InChI is InChI=1S/C19H35O3PS/c1-2-3-4-5-6-7-8-9-10-11-15-18-24(23(20,21)22)19-16-13-12-14-17-19/h12-14,16-17,20-22H,2-11,15,18H2,1H3. The lowest BCUT2D eigenvalue weighted by Crippen LogP contribution is -2.01. The largest absolute Gasteiger partial charge is 0.328 e. The maximum Gasteiger partial charge on any atom is 0.281 e. The second kappa shape index (κ2) is 13.1. The predicted molar refractivity (Wildman–Crippen MR) is 107 cm³/mol. The normalized spacial score (nSPS) is 13.2. The van der Waals surface area contributed by atoms with E-state index < -0.39 is 16.8 Å². The second-order valence-electron chi connectivity index (χ2n) is 6.43. The molecule has 0 aliphatic heterocycles. The molecule has 3 nitrogen and oxygen atoms in total. The fraction of sp³-hybridized carbons (Fsp3) is 0.684. The van der Waals surface area contributed by atoms with Crippen LogP contribution in [0.15, 0.2) is 35.2 Å². The van der Waals surface area contributed by atoms with Crippen molar-refractivity contribution in [2.45, 2.75) is 82.4 Å². The molecular weight excluding hydrogens is 339 g/mol. The molecule has 0 saturated carbocycles. The van der Waals surface area contributed by atoms with Gasteiger partial charge in [-0.25, -0.2) is 0 Å². The highest BCUT2D eigenvalue weighted by Gasteiger charge is 2.14. The van der Waals surface area contributed by atoms with Crippen molar-refractivity contribution in [3.8, 4) is 0 Å². The van der Waals surface area contributed by atoms with Gasteiger partial charge in [0.2, 0.25) is 0 Å². The molecule has 0 amide bonds. The van der Waals surface area contributed by atoms with Crippen LogP contribution in [0.25, 0.3) is 0 Å². The van der Waals surface area contributed by atoms with Crippen molar-refractivity contribution in [2.75, 3.05) is 5.75 Å². The molecule has 0 bridgehead atoms. The van der Waals surface area contributed by atoms with Crippen LogP contribution < -0.4 is 0 Å². The molecule has 1 rings (SSSR count). The van der Waals surface area contributed by atoms with Gasteiger partial charge in [0, 0.05) is 4.90 Å². The molecular formula is C19H35O3PS. The zero-order valence-corrected chi connectivity index (χ0v) is 16.8. The van der Waals surface area contributed by atoms with Gasteiger partial charge in [0.1, 0.15) is 0 Å². The molecule has 0 heterocycles. The van der Waals surface area contributed by atoms with Gasteiger partial charge in [-0.05, 0) is 24.3 Å². The van der Waals surface area contributed by atoms with Crippen LogP contribution in [0.4, 0.5) is 0 Å². The molecule has 1 unspecified atom stereocenters. The molecule has 1 aromatic rings. The molecule has 0 saturated heterocycles. The molecule has 0 aliphatic rings. The molecule has 1 aromatic carbocycles. The Balaban J connectivity index is 2.17. The smallest absolute Gasteiger partial charge is 0.281 e. The zero-order chi connectivity index (χ0) is 17.7. The van der Waals surface area contributed by atoms with Gasteiger partial charge in [-0.1, -0.05) is 99.4 Å². The van der Waals surface area contributed by atoms with Crippen molar-refractivity contribution >= 4 is 16.8 Å². The van der Waals surface area contributed by atoms with Crippen molar-refractivity contribution < 1.29 is 14.7 Å². The summed E-state index contributed by atoms with van der Waals surface area (Å²) in [6.45, 7) is -1.55. The fourth-order valence-corrected chi connectivity index (χ4v) is 6.91. The summed E-state index contributed by atoms with van der Waals surface area (Å²) in [5.41, 5.74) is 0. The summed E-state index contributed by atoms with van der Waals surface area (Å²) in [7, 11) is -0.841. The highest BCUT2D eigenvalue weighted by Crippen LogP contribution is 2.40. The minimum atomic E-state index is -3.80. The van der Waals surface area contributed by atoms with E-state index in [-0.39, 0.29) is 0 Å². The van der Waals surface area contributed by atoms with Gasteiger partial charge in [-0.15, -0.1) is 0 Å². The third-order valence-electron chi connectivity index (χ3n) is 4.25. The minimum absolute atomic E-state index is 0.665. The maximum absolute atomic E-state index is 9.73.